The van der Waals surface area contributed by atoms with E-state index in [9.17, 15) is 0 Å². The normalized spacial score (nSPS) is 9.93. The molecular formula is C10H16N4. The Hall–Kier alpha value is -1.71. The molecule has 1 aromatic carbocycles. The van der Waals surface area contributed by atoms with Crippen molar-refractivity contribution in [3.63, 3.8) is 0 Å². The monoisotopic (exact) mass is 192 g/mol. The summed E-state index contributed by atoms with van der Waals surface area (Å²) in [7, 11) is 1.79. The Balaban J connectivity index is 3.65. The molecule has 0 heterocycles. The van der Waals surface area contributed by atoms with E-state index >= 15 is 0 Å². The highest BCUT2D eigenvalue weighted by Crippen LogP contribution is 2.41. The molecule has 0 aliphatic rings. The minimum absolute atomic E-state index is 0.633. The third-order valence-electron chi connectivity index (χ3n) is 2.54. The molecule has 0 saturated heterocycles. The zero-order chi connectivity index (χ0) is 10.9. The average molecular weight is 192 g/mol. The third kappa shape index (κ3) is 1.28. The highest BCUT2D eigenvalue weighted by atomic mass is 14.9. The van der Waals surface area contributed by atoms with Gasteiger partial charge in [-0.25, -0.2) is 0 Å². The SMILES string of the molecule is C=Nc1c(N)c(C)c(C)c(N)c1NC. The maximum atomic E-state index is 5.93. The Morgan fingerprint density at radius 1 is 1.14 bits per heavy atom. The van der Waals surface area contributed by atoms with E-state index in [4.69, 9.17) is 11.5 Å². The Labute approximate surface area is 84.0 Å². The van der Waals surface area contributed by atoms with Gasteiger partial charge >= 0.3 is 0 Å². The van der Waals surface area contributed by atoms with Gasteiger partial charge in [-0.15, -0.1) is 0 Å². The Kier molecular flexibility index (Phi) is 2.65. The van der Waals surface area contributed by atoms with Gasteiger partial charge < -0.3 is 16.8 Å². The van der Waals surface area contributed by atoms with Gasteiger partial charge in [0.1, 0.15) is 5.69 Å². The summed E-state index contributed by atoms with van der Waals surface area (Å²) >= 11 is 0. The number of aliphatic imine (C=N–C) groups is 1. The van der Waals surface area contributed by atoms with Crippen molar-refractivity contribution in [3.8, 4) is 0 Å². The number of benzene rings is 1. The molecule has 0 aromatic heterocycles. The summed E-state index contributed by atoms with van der Waals surface area (Å²) in [5.74, 6) is 0. The molecule has 0 atom stereocenters. The third-order valence-corrected chi connectivity index (χ3v) is 2.54. The van der Waals surface area contributed by atoms with Crippen LogP contribution in [0.2, 0.25) is 0 Å². The van der Waals surface area contributed by atoms with Gasteiger partial charge in [0, 0.05) is 7.05 Å². The van der Waals surface area contributed by atoms with Crippen LogP contribution in [0.25, 0.3) is 0 Å². The van der Waals surface area contributed by atoms with Crippen LogP contribution in [0.3, 0.4) is 0 Å². The first-order valence-electron chi connectivity index (χ1n) is 4.37. The number of nitrogens with one attached hydrogen (secondary N) is 1. The van der Waals surface area contributed by atoms with E-state index in [1.54, 1.807) is 7.05 Å². The van der Waals surface area contributed by atoms with Crippen LogP contribution in [0.4, 0.5) is 22.7 Å². The molecule has 4 nitrogen and oxygen atoms in total. The van der Waals surface area contributed by atoms with E-state index in [1.165, 1.54) is 0 Å². The molecule has 76 valence electrons. The van der Waals surface area contributed by atoms with E-state index in [0.717, 1.165) is 16.8 Å². The fourth-order valence-corrected chi connectivity index (χ4v) is 1.45. The molecule has 0 radical (unpaired) electrons. The highest BCUT2D eigenvalue weighted by molar-refractivity contribution is 5.92. The minimum Gasteiger partial charge on any atom is -0.397 e. The first-order chi connectivity index (χ1) is 6.54. The molecule has 0 aliphatic carbocycles. The first kappa shape index (κ1) is 10.4. The molecule has 5 N–H and O–H groups in total. The lowest BCUT2D eigenvalue weighted by atomic mass is 10.0. The molecule has 14 heavy (non-hydrogen) atoms. The second-order valence-corrected chi connectivity index (χ2v) is 3.21. The van der Waals surface area contributed by atoms with Crippen molar-refractivity contribution in [3.05, 3.63) is 11.1 Å². The van der Waals surface area contributed by atoms with Crippen LogP contribution >= 0.6 is 0 Å². The van der Waals surface area contributed by atoms with Gasteiger partial charge in [0.15, 0.2) is 0 Å². The van der Waals surface area contributed by atoms with Gasteiger partial charge in [0.25, 0.3) is 0 Å². The molecule has 0 spiro atoms. The second-order valence-electron chi connectivity index (χ2n) is 3.21. The van der Waals surface area contributed by atoms with Crippen LogP contribution in [-0.4, -0.2) is 13.8 Å². The zero-order valence-electron chi connectivity index (χ0n) is 8.81. The fraction of sp³-hybridized carbons (Fsp3) is 0.300. The molecule has 0 saturated carbocycles. The largest absolute Gasteiger partial charge is 0.397 e. The lowest BCUT2D eigenvalue weighted by Crippen LogP contribution is -2.04. The van der Waals surface area contributed by atoms with E-state index in [2.05, 4.69) is 17.0 Å². The van der Waals surface area contributed by atoms with Crippen molar-refractivity contribution >= 4 is 29.5 Å². The summed E-state index contributed by atoms with van der Waals surface area (Å²) in [6, 6.07) is 0. The van der Waals surface area contributed by atoms with Crippen molar-refractivity contribution in [2.24, 2.45) is 4.99 Å². The van der Waals surface area contributed by atoms with Gasteiger partial charge in [-0.3, -0.25) is 4.99 Å². The lowest BCUT2D eigenvalue weighted by molar-refractivity contribution is 1.32. The molecule has 1 rings (SSSR count). The summed E-state index contributed by atoms with van der Waals surface area (Å²) in [6.07, 6.45) is 0. The summed E-state index contributed by atoms with van der Waals surface area (Å²) in [4.78, 5) is 3.89. The maximum Gasteiger partial charge on any atom is 0.111 e. The van der Waals surface area contributed by atoms with Gasteiger partial charge in [0.2, 0.25) is 0 Å². The number of anilines is 3. The van der Waals surface area contributed by atoms with Crippen LogP contribution in [0.5, 0.6) is 0 Å². The van der Waals surface area contributed by atoms with E-state index in [1.807, 2.05) is 13.8 Å². The van der Waals surface area contributed by atoms with Crippen LogP contribution in [0.15, 0.2) is 4.99 Å². The molecule has 1 aromatic rings. The fourth-order valence-electron chi connectivity index (χ4n) is 1.45. The Morgan fingerprint density at radius 3 is 2.07 bits per heavy atom. The number of nitrogens with two attached hydrogens (primary N) is 2. The standard InChI is InChI=1S/C10H16N4/c1-5-6(2)8(12)10(14-4)9(13-3)7(5)11/h14H,3,11-12H2,1-2,4H3. The first-order valence-corrected chi connectivity index (χ1v) is 4.37. The van der Waals surface area contributed by atoms with Gasteiger partial charge in [-0.05, 0) is 31.7 Å². The molecule has 0 bridgehead atoms. The molecule has 0 unspecified atom stereocenters. The second kappa shape index (κ2) is 3.57. The topological polar surface area (TPSA) is 76.4 Å². The number of nitrogen functional groups attached to an aromatic ring is 2. The highest BCUT2D eigenvalue weighted by Gasteiger charge is 2.14. The average Bonchev–Trinajstić information content (AvgIpc) is 2.20. The van der Waals surface area contributed by atoms with Crippen molar-refractivity contribution in [1.82, 2.24) is 0 Å². The minimum atomic E-state index is 0.633. The summed E-state index contributed by atoms with van der Waals surface area (Å²) in [5, 5.41) is 2.98. The van der Waals surface area contributed by atoms with E-state index in [0.29, 0.717) is 17.1 Å². The number of hydrogen-bond donors (Lipinski definition) is 3. The van der Waals surface area contributed by atoms with Gasteiger partial charge in [-0.2, -0.15) is 0 Å². The van der Waals surface area contributed by atoms with Crippen LogP contribution in [-0.2, 0) is 0 Å². The number of rotatable bonds is 2. The summed E-state index contributed by atoms with van der Waals surface area (Å²) in [5.41, 5.74) is 16.5. The molecular weight excluding hydrogens is 176 g/mol. The van der Waals surface area contributed by atoms with Crippen LogP contribution in [0, 0.1) is 13.8 Å². The number of hydrogen-bond acceptors (Lipinski definition) is 4. The number of nitrogens with zero attached hydrogens (tertiary/aromatic N) is 1. The summed E-state index contributed by atoms with van der Waals surface area (Å²) < 4.78 is 0. The van der Waals surface area contributed by atoms with Crippen molar-refractivity contribution in [2.45, 2.75) is 13.8 Å². The predicted octanol–water partition coefficient (Wildman–Crippen LogP) is 1.84. The lowest BCUT2D eigenvalue weighted by Gasteiger charge is -2.16. The molecule has 0 aliphatic heterocycles. The summed E-state index contributed by atoms with van der Waals surface area (Å²) in [6.45, 7) is 7.35. The smallest absolute Gasteiger partial charge is 0.111 e. The van der Waals surface area contributed by atoms with Crippen LogP contribution < -0.4 is 16.8 Å². The Bertz CT molecular complexity index is 382. The van der Waals surface area contributed by atoms with Crippen molar-refractivity contribution in [2.75, 3.05) is 23.8 Å². The molecule has 0 amide bonds. The van der Waals surface area contributed by atoms with Crippen molar-refractivity contribution in [1.29, 1.82) is 0 Å². The van der Waals surface area contributed by atoms with E-state index in [-0.39, 0.29) is 0 Å². The Morgan fingerprint density at radius 2 is 1.64 bits per heavy atom. The van der Waals surface area contributed by atoms with Gasteiger partial charge in [0.05, 0.1) is 17.1 Å². The quantitative estimate of drug-likeness (QED) is 0.494. The van der Waals surface area contributed by atoms with E-state index < -0.39 is 0 Å². The van der Waals surface area contributed by atoms with Gasteiger partial charge in [-0.1, -0.05) is 0 Å². The maximum absolute atomic E-state index is 5.93. The zero-order valence-corrected chi connectivity index (χ0v) is 8.81. The van der Waals surface area contributed by atoms with Crippen LogP contribution in [0.1, 0.15) is 11.1 Å². The molecule has 4 heteroatoms. The van der Waals surface area contributed by atoms with Crippen molar-refractivity contribution < 1.29 is 0 Å². The predicted molar refractivity (Wildman–Crippen MR) is 63.5 cm³/mol. The molecule has 0 fully saturated rings.